The van der Waals surface area contributed by atoms with Crippen molar-refractivity contribution in [2.75, 3.05) is 11.4 Å². The third-order valence-electron chi connectivity index (χ3n) is 5.72. The van der Waals surface area contributed by atoms with E-state index in [1.807, 2.05) is 91.9 Å². The molecule has 0 aliphatic rings. The number of para-hydroxylation sites is 2. The zero-order valence-electron chi connectivity index (χ0n) is 18.7. The summed E-state index contributed by atoms with van der Waals surface area (Å²) in [5, 5.41) is 5.61. The number of nitrogens with zero attached hydrogens (tertiary/aromatic N) is 2. The lowest BCUT2D eigenvalue weighted by Crippen LogP contribution is -2.32. The number of fused-ring (bicyclic) bond motifs is 2. The minimum Gasteiger partial charge on any atom is -0.352 e. The van der Waals surface area contributed by atoms with Crippen molar-refractivity contribution < 1.29 is 9.59 Å². The van der Waals surface area contributed by atoms with Crippen molar-refractivity contribution in [1.29, 1.82) is 0 Å². The molecule has 5 rings (SSSR count). The number of anilines is 2. The van der Waals surface area contributed by atoms with Crippen LogP contribution in [-0.2, 0) is 4.79 Å². The van der Waals surface area contributed by atoms with Gasteiger partial charge in [0.2, 0.25) is 5.91 Å². The van der Waals surface area contributed by atoms with E-state index in [0.29, 0.717) is 10.7 Å². The van der Waals surface area contributed by atoms with Crippen molar-refractivity contribution in [3.8, 4) is 0 Å². The SMILES string of the molecule is Cc1ccccc1N(C(=O)CCNC(=O)c1ccc2ccccc2c1)c1nc2ccccc2s1. The van der Waals surface area contributed by atoms with Gasteiger partial charge in [0.05, 0.1) is 15.9 Å². The summed E-state index contributed by atoms with van der Waals surface area (Å²) >= 11 is 1.48. The molecular weight excluding hydrogens is 442 g/mol. The van der Waals surface area contributed by atoms with Gasteiger partial charge in [-0.2, -0.15) is 0 Å². The van der Waals surface area contributed by atoms with Crippen LogP contribution in [0.2, 0.25) is 0 Å². The first-order valence-electron chi connectivity index (χ1n) is 11.1. The summed E-state index contributed by atoms with van der Waals surface area (Å²) in [5.74, 6) is -0.312. The van der Waals surface area contributed by atoms with Crippen LogP contribution in [0.25, 0.3) is 21.0 Å². The Morgan fingerprint density at radius 1 is 0.882 bits per heavy atom. The highest BCUT2D eigenvalue weighted by atomic mass is 32.1. The number of carbonyl (C=O) groups excluding carboxylic acids is 2. The monoisotopic (exact) mass is 465 g/mol. The number of rotatable bonds is 6. The summed E-state index contributed by atoms with van der Waals surface area (Å²) in [4.78, 5) is 32.5. The molecule has 0 unspecified atom stereocenters. The van der Waals surface area contributed by atoms with Gasteiger partial charge in [-0.3, -0.25) is 14.5 Å². The molecule has 0 fully saturated rings. The van der Waals surface area contributed by atoms with Gasteiger partial charge in [-0.1, -0.05) is 72.0 Å². The highest BCUT2D eigenvalue weighted by Gasteiger charge is 2.23. The van der Waals surface area contributed by atoms with Crippen LogP contribution >= 0.6 is 11.3 Å². The van der Waals surface area contributed by atoms with E-state index in [1.165, 1.54) is 11.3 Å². The normalized spacial score (nSPS) is 11.0. The molecule has 6 heteroatoms. The largest absolute Gasteiger partial charge is 0.352 e. The second-order valence-electron chi connectivity index (χ2n) is 8.05. The van der Waals surface area contributed by atoms with Gasteiger partial charge in [0.15, 0.2) is 5.13 Å². The Bertz CT molecular complexity index is 1480. The third kappa shape index (κ3) is 4.40. The molecule has 0 aliphatic heterocycles. The van der Waals surface area contributed by atoms with E-state index >= 15 is 0 Å². The first-order valence-corrected chi connectivity index (χ1v) is 11.9. The molecule has 1 aromatic heterocycles. The van der Waals surface area contributed by atoms with E-state index in [-0.39, 0.29) is 24.8 Å². The predicted molar refractivity (Wildman–Crippen MR) is 139 cm³/mol. The molecule has 1 heterocycles. The van der Waals surface area contributed by atoms with Crippen molar-refractivity contribution >= 4 is 55.0 Å². The number of nitrogens with one attached hydrogen (secondary N) is 1. The van der Waals surface area contributed by atoms with Crippen LogP contribution in [0.3, 0.4) is 0 Å². The van der Waals surface area contributed by atoms with E-state index in [0.717, 1.165) is 32.2 Å². The van der Waals surface area contributed by atoms with Gasteiger partial charge in [-0.05, 0) is 53.6 Å². The minimum absolute atomic E-state index is 0.118. The summed E-state index contributed by atoms with van der Waals surface area (Å²) in [6.45, 7) is 2.21. The molecular formula is C28H23N3O2S. The second-order valence-corrected chi connectivity index (χ2v) is 9.06. The quantitative estimate of drug-likeness (QED) is 0.323. The van der Waals surface area contributed by atoms with Crippen molar-refractivity contribution in [3.05, 3.63) is 102 Å². The number of benzene rings is 4. The molecule has 5 nitrogen and oxygen atoms in total. The molecule has 0 bridgehead atoms. The van der Waals surface area contributed by atoms with Gasteiger partial charge in [0.25, 0.3) is 5.91 Å². The van der Waals surface area contributed by atoms with E-state index in [2.05, 4.69) is 5.32 Å². The number of aryl methyl sites for hydroxylation is 1. The van der Waals surface area contributed by atoms with Gasteiger partial charge in [0.1, 0.15) is 0 Å². The van der Waals surface area contributed by atoms with Gasteiger partial charge < -0.3 is 5.32 Å². The standard InChI is InChI=1S/C28H23N3O2S/c1-19-8-2-6-12-24(19)31(28-30-23-11-5-7-13-25(23)34-28)26(32)16-17-29-27(33)22-15-14-20-9-3-4-10-21(20)18-22/h2-15,18H,16-17H2,1H3,(H,29,33). The Morgan fingerprint density at radius 2 is 1.62 bits per heavy atom. The first kappa shape index (κ1) is 21.8. The maximum atomic E-state index is 13.4. The summed E-state index contributed by atoms with van der Waals surface area (Å²) < 4.78 is 1.02. The van der Waals surface area contributed by atoms with Crippen LogP contribution < -0.4 is 10.2 Å². The third-order valence-corrected chi connectivity index (χ3v) is 6.74. The van der Waals surface area contributed by atoms with Crippen LogP contribution in [0.5, 0.6) is 0 Å². The summed E-state index contributed by atoms with van der Waals surface area (Å²) in [7, 11) is 0. The maximum absolute atomic E-state index is 13.4. The lowest BCUT2D eigenvalue weighted by atomic mass is 10.1. The zero-order valence-corrected chi connectivity index (χ0v) is 19.5. The van der Waals surface area contributed by atoms with Crippen LogP contribution in [0.15, 0.2) is 91.0 Å². The van der Waals surface area contributed by atoms with Crippen LogP contribution in [-0.4, -0.2) is 23.3 Å². The van der Waals surface area contributed by atoms with Gasteiger partial charge >= 0.3 is 0 Å². The summed E-state index contributed by atoms with van der Waals surface area (Å²) in [6, 6.07) is 29.1. The number of hydrogen-bond donors (Lipinski definition) is 1. The molecule has 0 saturated heterocycles. The lowest BCUT2D eigenvalue weighted by Gasteiger charge is -2.22. The van der Waals surface area contributed by atoms with Crippen LogP contribution in [0.4, 0.5) is 10.8 Å². The molecule has 2 amide bonds. The van der Waals surface area contributed by atoms with Gasteiger partial charge in [-0.15, -0.1) is 0 Å². The fourth-order valence-electron chi connectivity index (χ4n) is 3.94. The summed E-state index contributed by atoms with van der Waals surface area (Å²) in [6.07, 6.45) is 0.156. The van der Waals surface area contributed by atoms with Gasteiger partial charge in [0, 0.05) is 18.5 Å². The second kappa shape index (κ2) is 9.45. The van der Waals surface area contributed by atoms with Crippen molar-refractivity contribution in [3.63, 3.8) is 0 Å². The molecule has 0 spiro atoms. The van der Waals surface area contributed by atoms with Crippen molar-refractivity contribution in [2.24, 2.45) is 0 Å². The molecule has 5 aromatic rings. The molecule has 34 heavy (non-hydrogen) atoms. The van der Waals surface area contributed by atoms with Crippen LogP contribution in [0.1, 0.15) is 22.3 Å². The minimum atomic E-state index is -0.194. The molecule has 1 N–H and O–H groups in total. The Kier molecular flexibility index (Phi) is 6.06. The smallest absolute Gasteiger partial charge is 0.251 e. The Balaban J connectivity index is 1.34. The molecule has 0 saturated carbocycles. The number of carbonyl (C=O) groups is 2. The molecule has 0 atom stereocenters. The zero-order chi connectivity index (χ0) is 23.5. The Morgan fingerprint density at radius 3 is 2.44 bits per heavy atom. The van der Waals surface area contributed by atoms with E-state index in [9.17, 15) is 9.59 Å². The first-order chi connectivity index (χ1) is 16.6. The van der Waals surface area contributed by atoms with Crippen molar-refractivity contribution in [1.82, 2.24) is 10.3 Å². The molecule has 168 valence electrons. The highest BCUT2D eigenvalue weighted by Crippen LogP contribution is 2.35. The average molecular weight is 466 g/mol. The number of aromatic nitrogens is 1. The molecule has 0 aliphatic carbocycles. The number of thiazole rings is 1. The topological polar surface area (TPSA) is 62.3 Å². The lowest BCUT2D eigenvalue weighted by molar-refractivity contribution is -0.117. The average Bonchev–Trinajstić information content (AvgIpc) is 3.28. The number of amides is 2. The fourth-order valence-corrected chi connectivity index (χ4v) is 4.94. The van der Waals surface area contributed by atoms with E-state index in [4.69, 9.17) is 4.98 Å². The summed E-state index contributed by atoms with van der Waals surface area (Å²) in [5.41, 5.74) is 3.22. The predicted octanol–water partition coefficient (Wildman–Crippen LogP) is 6.24. The van der Waals surface area contributed by atoms with Crippen LogP contribution in [0, 0.1) is 6.92 Å². The van der Waals surface area contributed by atoms with E-state index in [1.54, 1.807) is 11.0 Å². The Hall–Kier alpha value is -4.03. The highest BCUT2D eigenvalue weighted by molar-refractivity contribution is 7.22. The fraction of sp³-hybridized carbons (Fsp3) is 0.107. The Labute approximate surface area is 201 Å². The molecule has 0 radical (unpaired) electrons. The van der Waals surface area contributed by atoms with E-state index < -0.39 is 0 Å². The maximum Gasteiger partial charge on any atom is 0.251 e. The van der Waals surface area contributed by atoms with Crippen molar-refractivity contribution in [2.45, 2.75) is 13.3 Å². The number of hydrogen-bond acceptors (Lipinski definition) is 4. The molecule has 4 aromatic carbocycles. The van der Waals surface area contributed by atoms with Gasteiger partial charge in [-0.25, -0.2) is 4.98 Å².